The summed E-state index contributed by atoms with van der Waals surface area (Å²) in [5.41, 5.74) is 0. The van der Waals surface area contributed by atoms with E-state index in [4.69, 9.17) is 14.2 Å². The van der Waals surface area contributed by atoms with Gasteiger partial charge in [0, 0.05) is 19.3 Å². The topological polar surface area (TPSA) is 78.9 Å². The second-order valence-corrected chi connectivity index (χ2v) is 20.5. The number of hydrogen-bond donors (Lipinski definition) is 0. The van der Waals surface area contributed by atoms with Crippen molar-refractivity contribution in [3.05, 3.63) is 0 Å². The molecule has 6 heteroatoms. The van der Waals surface area contributed by atoms with Crippen LogP contribution in [0.3, 0.4) is 0 Å². The maximum Gasteiger partial charge on any atom is 0.306 e. The van der Waals surface area contributed by atoms with Crippen molar-refractivity contribution in [3.63, 3.8) is 0 Å². The monoisotopic (exact) mass is 919 g/mol. The first-order valence-corrected chi connectivity index (χ1v) is 29.4. The highest BCUT2D eigenvalue weighted by molar-refractivity contribution is 5.71. The lowest BCUT2D eigenvalue weighted by atomic mass is 9.99. The summed E-state index contributed by atoms with van der Waals surface area (Å²) in [5.74, 6) is 0.0602. The predicted octanol–water partition coefficient (Wildman–Crippen LogP) is 19.4. The van der Waals surface area contributed by atoms with Gasteiger partial charge in [-0.2, -0.15) is 0 Å². The number of carbonyl (C=O) groups excluding carboxylic acids is 3. The Balaban J connectivity index is 4.23. The summed E-state index contributed by atoms with van der Waals surface area (Å²) in [6.07, 6.45) is 58.0. The fourth-order valence-corrected chi connectivity index (χ4v) is 9.07. The standard InChI is InChI=1S/C59H114O6/c1-5-8-10-12-14-16-18-19-20-21-22-23-27-31-34-38-42-46-50-57(60)63-53-56(65-59(62)52-48-44-40-36-29-17-15-13-11-9-6-2)54-64-58(61)51-47-43-39-35-32-28-25-24-26-30-33-37-41-45-49-55(4)7-3/h55-56H,5-54H2,1-4H3/t55?,56-/m0/s1. The highest BCUT2D eigenvalue weighted by Crippen LogP contribution is 2.18. The van der Waals surface area contributed by atoms with E-state index >= 15 is 0 Å². The quantitative estimate of drug-likeness (QED) is 0.0344. The summed E-state index contributed by atoms with van der Waals surface area (Å²) < 4.78 is 16.9. The Hall–Kier alpha value is -1.59. The molecule has 0 saturated heterocycles. The fraction of sp³-hybridized carbons (Fsp3) is 0.949. The Bertz CT molecular complexity index is 982. The van der Waals surface area contributed by atoms with E-state index in [1.165, 1.54) is 231 Å². The molecule has 2 atom stereocenters. The van der Waals surface area contributed by atoms with Crippen molar-refractivity contribution in [2.75, 3.05) is 13.2 Å². The molecule has 0 aromatic carbocycles. The van der Waals surface area contributed by atoms with Crippen LogP contribution >= 0.6 is 0 Å². The number of carbonyl (C=O) groups is 3. The summed E-state index contributed by atoms with van der Waals surface area (Å²) in [4.78, 5) is 38.1. The van der Waals surface area contributed by atoms with Crippen LogP contribution in [0.5, 0.6) is 0 Å². The Morgan fingerprint density at radius 3 is 0.800 bits per heavy atom. The summed E-state index contributed by atoms with van der Waals surface area (Å²) in [7, 11) is 0. The zero-order chi connectivity index (χ0) is 47.4. The molecule has 0 radical (unpaired) electrons. The van der Waals surface area contributed by atoms with E-state index in [9.17, 15) is 14.4 Å². The third kappa shape index (κ3) is 51.6. The third-order valence-corrected chi connectivity index (χ3v) is 13.9. The van der Waals surface area contributed by atoms with Gasteiger partial charge < -0.3 is 14.2 Å². The minimum atomic E-state index is -0.761. The number of hydrogen-bond acceptors (Lipinski definition) is 6. The van der Waals surface area contributed by atoms with Crippen LogP contribution in [0, 0.1) is 5.92 Å². The molecule has 0 amide bonds. The Labute approximate surface area is 406 Å². The van der Waals surface area contributed by atoms with Gasteiger partial charge in [-0.05, 0) is 25.2 Å². The molecule has 0 bridgehead atoms. The minimum Gasteiger partial charge on any atom is -0.462 e. The molecule has 0 heterocycles. The molecule has 0 aromatic rings. The van der Waals surface area contributed by atoms with Crippen LogP contribution in [0.4, 0.5) is 0 Å². The van der Waals surface area contributed by atoms with Crippen LogP contribution in [0.2, 0.25) is 0 Å². The number of esters is 3. The van der Waals surface area contributed by atoms with Gasteiger partial charge >= 0.3 is 17.9 Å². The SMILES string of the molecule is CCCCCCCCCCCCCCCCCCCCC(=O)OC[C@@H](COC(=O)CCCCCCCCCCCCCCCCC(C)CC)OC(=O)CCCCCCCCCCCCC. The second kappa shape index (κ2) is 53.4. The van der Waals surface area contributed by atoms with E-state index in [1.807, 2.05) is 0 Å². The molecule has 0 aliphatic rings. The first-order chi connectivity index (χ1) is 31.9. The zero-order valence-corrected chi connectivity index (χ0v) is 44.5. The van der Waals surface area contributed by atoms with E-state index in [2.05, 4.69) is 27.7 Å². The molecular formula is C59H114O6. The average Bonchev–Trinajstić information content (AvgIpc) is 3.30. The summed E-state index contributed by atoms with van der Waals surface area (Å²) in [5, 5.41) is 0. The van der Waals surface area contributed by atoms with Crippen molar-refractivity contribution in [1.82, 2.24) is 0 Å². The van der Waals surface area contributed by atoms with E-state index in [-0.39, 0.29) is 31.1 Å². The van der Waals surface area contributed by atoms with Crippen molar-refractivity contribution in [3.8, 4) is 0 Å². The molecule has 386 valence electrons. The second-order valence-electron chi connectivity index (χ2n) is 20.5. The molecule has 0 fully saturated rings. The first kappa shape index (κ1) is 63.4. The van der Waals surface area contributed by atoms with Crippen molar-refractivity contribution in [1.29, 1.82) is 0 Å². The molecule has 0 N–H and O–H groups in total. The molecule has 0 aromatic heterocycles. The Morgan fingerprint density at radius 1 is 0.308 bits per heavy atom. The highest BCUT2D eigenvalue weighted by Gasteiger charge is 2.19. The van der Waals surface area contributed by atoms with Crippen molar-refractivity contribution in [2.24, 2.45) is 5.92 Å². The average molecular weight is 920 g/mol. The van der Waals surface area contributed by atoms with Crippen LogP contribution in [0.25, 0.3) is 0 Å². The van der Waals surface area contributed by atoms with Gasteiger partial charge in [0.2, 0.25) is 0 Å². The van der Waals surface area contributed by atoms with Crippen molar-refractivity contribution in [2.45, 2.75) is 342 Å². The predicted molar refractivity (Wildman–Crippen MR) is 280 cm³/mol. The van der Waals surface area contributed by atoms with Crippen LogP contribution in [-0.4, -0.2) is 37.2 Å². The minimum absolute atomic E-state index is 0.0618. The third-order valence-electron chi connectivity index (χ3n) is 13.9. The van der Waals surface area contributed by atoms with Crippen LogP contribution in [-0.2, 0) is 28.6 Å². The maximum atomic E-state index is 12.8. The molecule has 0 rings (SSSR count). The van der Waals surface area contributed by atoms with Crippen LogP contribution < -0.4 is 0 Å². The number of ether oxygens (including phenoxy) is 3. The number of rotatable bonds is 54. The lowest BCUT2D eigenvalue weighted by Crippen LogP contribution is -2.30. The molecule has 0 aliphatic heterocycles. The van der Waals surface area contributed by atoms with Gasteiger partial charge in [-0.15, -0.1) is 0 Å². The highest BCUT2D eigenvalue weighted by atomic mass is 16.6. The van der Waals surface area contributed by atoms with Crippen LogP contribution in [0.1, 0.15) is 336 Å². The smallest absolute Gasteiger partial charge is 0.306 e. The Kier molecular flexibility index (Phi) is 52.1. The van der Waals surface area contributed by atoms with Gasteiger partial charge in [0.15, 0.2) is 6.10 Å². The van der Waals surface area contributed by atoms with E-state index in [0.717, 1.165) is 63.7 Å². The normalized spacial score (nSPS) is 12.4. The van der Waals surface area contributed by atoms with Gasteiger partial charge in [0.25, 0.3) is 0 Å². The van der Waals surface area contributed by atoms with Gasteiger partial charge in [-0.25, -0.2) is 0 Å². The zero-order valence-electron chi connectivity index (χ0n) is 44.5. The van der Waals surface area contributed by atoms with Crippen molar-refractivity contribution >= 4 is 17.9 Å². The molecule has 0 spiro atoms. The van der Waals surface area contributed by atoms with Gasteiger partial charge in [0.1, 0.15) is 13.2 Å². The van der Waals surface area contributed by atoms with E-state index in [0.29, 0.717) is 19.3 Å². The lowest BCUT2D eigenvalue weighted by molar-refractivity contribution is -0.167. The fourth-order valence-electron chi connectivity index (χ4n) is 9.07. The molecular weight excluding hydrogens is 805 g/mol. The van der Waals surface area contributed by atoms with Gasteiger partial charge in [-0.1, -0.05) is 297 Å². The van der Waals surface area contributed by atoms with Gasteiger partial charge in [0.05, 0.1) is 0 Å². The molecule has 0 saturated carbocycles. The summed E-state index contributed by atoms with van der Waals surface area (Å²) >= 11 is 0. The molecule has 65 heavy (non-hydrogen) atoms. The molecule has 6 nitrogen and oxygen atoms in total. The molecule has 0 aliphatic carbocycles. The molecule has 1 unspecified atom stereocenters. The summed E-state index contributed by atoms with van der Waals surface area (Å²) in [6.45, 7) is 9.09. The number of unbranched alkanes of at least 4 members (excludes halogenated alkanes) is 40. The largest absolute Gasteiger partial charge is 0.462 e. The first-order valence-electron chi connectivity index (χ1n) is 29.4. The maximum absolute atomic E-state index is 12.8. The van der Waals surface area contributed by atoms with Crippen molar-refractivity contribution < 1.29 is 28.6 Å². The lowest BCUT2D eigenvalue weighted by Gasteiger charge is -2.18. The van der Waals surface area contributed by atoms with Crippen LogP contribution in [0.15, 0.2) is 0 Å². The van der Waals surface area contributed by atoms with E-state index < -0.39 is 6.10 Å². The van der Waals surface area contributed by atoms with Gasteiger partial charge in [-0.3, -0.25) is 14.4 Å². The Morgan fingerprint density at radius 2 is 0.538 bits per heavy atom. The summed E-state index contributed by atoms with van der Waals surface area (Å²) in [6, 6.07) is 0. The van der Waals surface area contributed by atoms with E-state index in [1.54, 1.807) is 0 Å².